The Balaban J connectivity index is 0. The molecule has 0 unspecified atom stereocenters. The zero-order valence-electron chi connectivity index (χ0n) is 1.58. The topological polar surface area (TPSA) is 0 Å². The maximum atomic E-state index is 0. The van der Waals surface area contributed by atoms with Crippen molar-refractivity contribution in [1.29, 1.82) is 0 Å². The van der Waals surface area contributed by atoms with Gasteiger partial charge in [0.25, 0.3) is 0 Å². The molecule has 0 nitrogen and oxygen atoms in total. The molecule has 0 aliphatic carbocycles. The normalized spacial score (nSPS) is 0. The van der Waals surface area contributed by atoms with Gasteiger partial charge in [-0.15, -0.1) is 0 Å². The average molecular weight is 195 g/mol. The van der Waals surface area contributed by atoms with Crippen LogP contribution < -0.4 is 0 Å². The molecule has 0 fully saturated rings. The molecule has 0 amide bonds. The van der Waals surface area contributed by atoms with Crippen molar-refractivity contribution in [1.82, 2.24) is 0 Å². The summed E-state index contributed by atoms with van der Waals surface area (Å²) in [6, 6.07) is 0. The third-order valence-corrected chi connectivity index (χ3v) is 0. The molecule has 0 heterocycles. The molecule has 4 heavy (non-hydrogen) atoms. The third kappa shape index (κ3) is 9.24. The zero-order chi connectivity index (χ0) is 0. The van der Waals surface area contributed by atoms with Crippen LogP contribution in [0.2, 0.25) is 0 Å². The Kier molecular flexibility index (Phi) is 228. The van der Waals surface area contributed by atoms with E-state index < -0.39 is 0 Å². The summed E-state index contributed by atoms with van der Waals surface area (Å²) in [5.41, 5.74) is 0. The second kappa shape index (κ2) is 21.7. The minimum atomic E-state index is 0. The third-order valence-electron chi connectivity index (χ3n) is 0. The predicted molar refractivity (Wildman–Crippen MR) is 5.75 cm³/mol. The van der Waals surface area contributed by atoms with Crippen LogP contribution in [0.1, 0.15) is 0 Å². The minimum Gasteiger partial charge on any atom is 0 e. The number of rotatable bonds is 0. The maximum absolute atomic E-state index is 0. The van der Waals surface area contributed by atoms with Crippen molar-refractivity contribution in [3.05, 3.63) is 0 Å². The minimum absolute atomic E-state index is 0. The van der Waals surface area contributed by atoms with Gasteiger partial charge in [0.1, 0.15) is 0 Å². The second-order valence-corrected chi connectivity index (χ2v) is 0. The SMILES string of the molecule is [Cr].[Fe].[Ni].[Si]. The molecule has 0 saturated heterocycles. The number of hydrogen-bond donors (Lipinski definition) is 0. The molecule has 0 atom stereocenters. The quantitative estimate of drug-likeness (QED) is 0.461. The Hall–Kier alpha value is 1.76. The van der Waals surface area contributed by atoms with Gasteiger partial charge >= 0.3 is 0 Å². The molecule has 0 saturated carbocycles. The van der Waals surface area contributed by atoms with Gasteiger partial charge in [0.2, 0.25) is 0 Å². The first-order chi connectivity index (χ1) is 0. The Labute approximate surface area is 61.7 Å². The van der Waals surface area contributed by atoms with Crippen molar-refractivity contribution >= 4 is 11.0 Å². The van der Waals surface area contributed by atoms with Crippen LogP contribution in [-0.2, 0) is 50.9 Å². The van der Waals surface area contributed by atoms with Crippen molar-refractivity contribution in [3.63, 3.8) is 0 Å². The van der Waals surface area contributed by atoms with E-state index in [2.05, 4.69) is 0 Å². The number of hydrogen-bond acceptors (Lipinski definition) is 0. The van der Waals surface area contributed by atoms with E-state index in [0.29, 0.717) is 0 Å². The molecule has 0 aliphatic heterocycles. The van der Waals surface area contributed by atoms with E-state index in [1.807, 2.05) is 0 Å². The van der Waals surface area contributed by atoms with Gasteiger partial charge in [-0.3, -0.25) is 0 Å². The summed E-state index contributed by atoms with van der Waals surface area (Å²) < 4.78 is 0. The summed E-state index contributed by atoms with van der Waals surface area (Å²) in [5, 5.41) is 0. The molecule has 0 spiro atoms. The molecule has 4 heteroatoms. The van der Waals surface area contributed by atoms with Crippen molar-refractivity contribution in [3.8, 4) is 0 Å². The molecule has 0 aliphatic rings. The molecule has 0 aromatic rings. The fraction of sp³-hybridized carbons (Fsp3) is 0. The summed E-state index contributed by atoms with van der Waals surface area (Å²) in [7, 11) is 0. The van der Waals surface area contributed by atoms with Gasteiger partial charge in [-0.1, -0.05) is 0 Å². The van der Waals surface area contributed by atoms with Gasteiger partial charge in [0.15, 0.2) is 0 Å². The van der Waals surface area contributed by atoms with E-state index in [-0.39, 0.29) is 61.9 Å². The summed E-state index contributed by atoms with van der Waals surface area (Å²) in [4.78, 5) is 0. The Morgan fingerprint density at radius 1 is 1.00 bits per heavy atom. The zero-order valence-corrected chi connectivity index (χ0v) is 5.94. The molecule has 0 bridgehead atoms. The van der Waals surface area contributed by atoms with Crippen LogP contribution in [0.4, 0.5) is 0 Å². The van der Waals surface area contributed by atoms with E-state index in [1.165, 1.54) is 0 Å². The van der Waals surface area contributed by atoms with Gasteiger partial charge < -0.3 is 0 Å². The molecular formula is CrFeNiSi. The van der Waals surface area contributed by atoms with Crippen LogP contribution >= 0.6 is 0 Å². The largest absolute Gasteiger partial charge is 0 e. The summed E-state index contributed by atoms with van der Waals surface area (Å²) in [6.45, 7) is 0. The van der Waals surface area contributed by atoms with Crippen LogP contribution in [0.15, 0.2) is 0 Å². The summed E-state index contributed by atoms with van der Waals surface area (Å²) >= 11 is 0. The first kappa shape index (κ1) is 42.1. The van der Waals surface area contributed by atoms with E-state index in [9.17, 15) is 0 Å². The van der Waals surface area contributed by atoms with Gasteiger partial charge in [0, 0.05) is 61.9 Å². The van der Waals surface area contributed by atoms with Gasteiger partial charge in [0.05, 0.1) is 0 Å². The fourth-order valence-corrected chi connectivity index (χ4v) is 0. The van der Waals surface area contributed by atoms with Gasteiger partial charge in [-0.2, -0.15) is 0 Å². The standard InChI is InChI=1S/Cr.Fe.Ni.Si. The van der Waals surface area contributed by atoms with Gasteiger partial charge in [-0.25, -0.2) is 0 Å². The molecule has 0 N–H and O–H groups in total. The maximum Gasteiger partial charge on any atom is 0 e. The smallest absolute Gasteiger partial charge is 0 e. The summed E-state index contributed by atoms with van der Waals surface area (Å²) in [5.74, 6) is 0. The Morgan fingerprint density at radius 3 is 1.00 bits per heavy atom. The first-order valence-electron chi connectivity index (χ1n) is 0. The van der Waals surface area contributed by atoms with E-state index >= 15 is 0 Å². The van der Waals surface area contributed by atoms with E-state index in [0.717, 1.165) is 0 Å². The van der Waals surface area contributed by atoms with Crippen LogP contribution in [-0.4, -0.2) is 11.0 Å². The van der Waals surface area contributed by atoms with Crippen molar-refractivity contribution in [2.75, 3.05) is 0 Å². The molecular weight excluding hydrogens is 195 g/mol. The molecule has 0 aromatic carbocycles. The molecule has 28 valence electrons. The Bertz CT molecular complexity index is 8.00. The summed E-state index contributed by atoms with van der Waals surface area (Å²) in [6.07, 6.45) is 0. The average Bonchev–Trinajstić information content (AvgIpc) is 0. The van der Waals surface area contributed by atoms with Gasteiger partial charge in [-0.05, 0) is 0 Å². The second-order valence-electron chi connectivity index (χ2n) is 0. The van der Waals surface area contributed by atoms with Crippen LogP contribution in [0.5, 0.6) is 0 Å². The van der Waals surface area contributed by atoms with Crippen LogP contribution in [0.3, 0.4) is 0 Å². The fourth-order valence-electron chi connectivity index (χ4n) is 0. The molecule has 0 aromatic heterocycles. The van der Waals surface area contributed by atoms with E-state index in [1.54, 1.807) is 0 Å². The van der Waals surface area contributed by atoms with Crippen molar-refractivity contribution in [2.24, 2.45) is 0 Å². The molecule has 0 rings (SSSR count). The Morgan fingerprint density at radius 2 is 1.00 bits per heavy atom. The van der Waals surface area contributed by atoms with Crippen LogP contribution in [0.25, 0.3) is 0 Å². The monoisotopic (exact) mass is 194 g/mol. The van der Waals surface area contributed by atoms with Crippen molar-refractivity contribution < 1.29 is 50.9 Å². The molecule has 4 radical (unpaired) electrons. The predicted octanol–water partition coefficient (Wildman–Crippen LogP) is -0.388. The first-order valence-corrected chi connectivity index (χ1v) is 0. The van der Waals surface area contributed by atoms with Crippen molar-refractivity contribution in [2.45, 2.75) is 0 Å². The van der Waals surface area contributed by atoms with E-state index in [4.69, 9.17) is 0 Å². The van der Waals surface area contributed by atoms with Crippen LogP contribution in [0, 0.1) is 0 Å².